The zero-order valence-electron chi connectivity index (χ0n) is 16.4. The summed E-state index contributed by atoms with van der Waals surface area (Å²) in [6.07, 6.45) is 4.67. The Morgan fingerprint density at radius 3 is 1.88 bits per heavy atom. The van der Waals surface area contributed by atoms with E-state index in [-0.39, 0.29) is 5.04 Å². The van der Waals surface area contributed by atoms with Crippen LogP contribution in [0.3, 0.4) is 0 Å². The quantitative estimate of drug-likeness (QED) is 0.298. The lowest BCUT2D eigenvalue weighted by Crippen LogP contribution is -2.66. The van der Waals surface area contributed by atoms with Crippen molar-refractivity contribution in [3.63, 3.8) is 0 Å². The van der Waals surface area contributed by atoms with E-state index in [1.807, 2.05) is 13.0 Å². The second kappa shape index (κ2) is 9.11. The zero-order valence-corrected chi connectivity index (χ0v) is 17.4. The van der Waals surface area contributed by atoms with E-state index in [0.717, 1.165) is 24.7 Å². The van der Waals surface area contributed by atoms with E-state index in [0.29, 0.717) is 6.61 Å². The first-order valence-electron chi connectivity index (χ1n) is 9.29. The number of hydrogen-bond donors (Lipinski definition) is 0. The Kier molecular flexibility index (Phi) is 7.12. The highest BCUT2D eigenvalue weighted by molar-refractivity contribution is 6.99. The molecule has 0 heterocycles. The van der Waals surface area contributed by atoms with E-state index in [2.05, 4.69) is 81.4 Å². The molecule has 2 aromatic carbocycles. The van der Waals surface area contributed by atoms with Gasteiger partial charge in [-0.15, -0.1) is 0 Å². The summed E-state index contributed by atoms with van der Waals surface area (Å²) in [7, 11) is -2.43. The molecule has 138 valence electrons. The van der Waals surface area contributed by atoms with E-state index in [1.54, 1.807) is 0 Å². The molecule has 26 heavy (non-hydrogen) atoms. The van der Waals surface area contributed by atoms with Crippen LogP contribution < -0.4 is 10.4 Å². The van der Waals surface area contributed by atoms with E-state index < -0.39 is 8.32 Å². The minimum Gasteiger partial charge on any atom is -0.407 e. The lowest BCUT2D eigenvalue weighted by atomic mass is 10.2. The van der Waals surface area contributed by atoms with E-state index >= 15 is 0 Å². The van der Waals surface area contributed by atoms with Crippen LogP contribution in [0.25, 0.3) is 0 Å². The van der Waals surface area contributed by atoms with Crippen LogP contribution in [-0.4, -0.2) is 21.2 Å². The number of unbranched alkanes of at least 4 members (excludes halogenated alkanes) is 1. The smallest absolute Gasteiger partial charge is 0.261 e. The van der Waals surface area contributed by atoms with Crippen molar-refractivity contribution in [1.82, 2.24) is 0 Å². The summed E-state index contributed by atoms with van der Waals surface area (Å²) in [5.41, 5.74) is 0.787. The van der Waals surface area contributed by atoms with Crippen LogP contribution >= 0.6 is 0 Å². The van der Waals surface area contributed by atoms with Gasteiger partial charge in [0, 0.05) is 6.61 Å². The van der Waals surface area contributed by atoms with E-state index in [1.165, 1.54) is 10.4 Å². The second-order valence-electron chi connectivity index (χ2n) is 7.72. The summed E-state index contributed by atoms with van der Waals surface area (Å²) in [4.78, 5) is 10.7. The molecule has 0 fully saturated rings. The topological polar surface area (TPSA) is 26.3 Å². The molecule has 0 spiro atoms. The maximum absolute atomic E-state index is 10.7. The summed E-state index contributed by atoms with van der Waals surface area (Å²) < 4.78 is 6.80. The molecule has 0 aliphatic heterocycles. The number of benzene rings is 2. The molecule has 3 heteroatoms. The van der Waals surface area contributed by atoms with Crippen molar-refractivity contribution >= 4 is 25.0 Å². The van der Waals surface area contributed by atoms with Crippen LogP contribution in [0.5, 0.6) is 0 Å². The van der Waals surface area contributed by atoms with Gasteiger partial charge < -0.3 is 4.43 Å². The van der Waals surface area contributed by atoms with Crippen LogP contribution in [0, 0.1) is 0 Å². The van der Waals surface area contributed by atoms with Crippen LogP contribution in [-0.2, 0) is 9.22 Å². The summed E-state index contributed by atoms with van der Waals surface area (Å²) in [5.74, 6) is 0. The fourth-order valence-electron chi connectivity index (χ4n) is 3.45. The van der Waals surface area contributed by atoms with Crippen LogP contribution in [0.15, 0.2) is 72.3 Å². The molecule has 0 aliphatic rings. The van der Waals surface area contributed by atoms with Gasteiger partial charge in [-0.25, -0.2) is 0 Å². The van der Waals surface area contributed by atoms with Crippen molar-refractivity contribution in [2.45, 2.75) is 45.6 Å². The molecule has 0 saturated heterocycles. The Hall–Kier alpha value is -1.97. The van der Waals surface area contributed by atoms with Crippen molar-refractivity contribution in [3.8, 4) is 0 Å². The third-order valence-electron chi connectivity index (χ3n) is 4.74. The summed E-state index contributed by atoms with van der Waals surface area (Å²) in [5, 5.41) is 2.61. The highest BCUT2D eigenvalue weighted by Gasteiger charge is 2.49. The van der Waals surface area contributed by atoms with E-state index in [4.69, 9.17) is 4.43 Å². The molecule has 0 saturated carbocycles. The average molecular weight is 367 g/mol. The second-order valence-corrected chi connectivity index (χ2v) is 12.0. The molecule has 0 bridgehead atoms. The predicted octanol–water partition coefficient (Wildman–Crippen LogP) is 4.49. The molecule has 0 N–H and O–H groups in total. The fourth-order valence-corrected chi connectivity index (χ4v) is 8.05. The van der Waals surface area contributed by atoms with Gasteiger partial charge in [0.2, 0.25) is 0 Å². The first-order chi connectivity index (χ1) is 12.4. The molecule has 0 amide bonds. The largest absolute Gasteiger partial charge is 0.407 e. The molecule has 2 rings (SSSR count). The van der Waals surface area contributed by atoms with Crippen LogP contribution in [0.2, 0.25) is 5.04 Å². The first kappa shape index (κ1) is 20.3. The Balaban J connectivity index is 2.36. The van der Waals surface area contributed by atoms with Gasteiger partial charge in [0.05, 0.1) is 0 Å². The van der Waals surface area contributed by atoms with Gasteiger partial charge in [0.15, 0.2) is 0 Å². The molecule has 2 aromatic rings. The molecule has 0 atom stereocenters. The highest BCUT2D eigenvalue weighted by Crippen LogP contribution is 2.36. The monoisotopic (exact) mass is 366 g/mol. The van der Waals surface area contributed by atoms with Crippen molar-refractivity contribution < 1.29 is 9.22 Å². The number of aldehydes is 1. The molecule has 0 aliphatic carbocycles. The van der Waals surface area contributed by atoms with Gasteiger partial charge in [0.25, 0.3) is 8.32 Å². The summed E-state index contributed by atoms with van der Waals surface area (Å²) in [6.45, 7) is 9.40. The van der Waals surface area contributed by atoms with Crippen molar-refractivity contribution in [1.29, 1.82) is 0 Å². The normalized spacial score (nSPS) is 12.8. The Morgan fingerprint density at radius 2 is 1.46 bits per heavy atom. The maximum atomic E-state index is 10.7. The number of allylic oxidation sites excluding steroid dienone is 2. The van der Waals surface area contributed by atoms with Crippen molar-refractivity contribution in [3.05, 3.63) is 72.3 Å². The molecule has 2 nitrogen and oxygen atoms in total. The van der Waals surface area contributed by atoms with Crippen molar-refractivity contribution in [2.75, 3.05) is 6.61 Å². The average Bonchev–Trinajstić information content (AvgIpc) is 2.65. The standard InChI is InChI=1S/C23H30O2Si/c1-20(19-24)13-11-12-18-25-26(23(2,3)4,21-14-7-5-8-15-21)22-16-9-6-10-17-22/h5-10,13-17,19H,11-12,18H2,1-4H3/b20-13+. The lowest BCUT2D eigenvalue weighted by molar-refractivity contribution is -0.104. The molecule has 0 unspecified atom stereocenters. The highest BCUT2D eigenvalue weighted by atomic mass is 28.4. The Morgan fingerprint density at radius 1 is 0.962 bits per heavy atom. The van der Waals surface area contributed by atoms with Crippen LogP contribution in [0.4, 0.5) is 0 Å². The number of hydrogen-bond acceptors (Lipinski definition) is 2. The van der Waals surface area contributed by atoms with Gasteiger partial charge in [0.1, 0.15) is 6.29 Å². The van der Waals surface area contributed by atoms with Crippen molar-refractivity contribution in [2.24, 2.45) is 0 Å². The number of carbonyl (C=O) groups excluding carboxylic acids is 1. The number of carbonyl (C=O) groups is 1. The molecule has 0 aromatic heterocycles. The fraction of sp³-hybridized carbons (Fsp3) is 0.348. The summed E-state index contributed by atoms with van der Waals surface area (Å²) >= 11 is 0. The number of rotatable bonds is 8. The SMILES string of the molecule is C/C(C=O)=C\CCCO[Si](c1ccccc1)(c1ccccc1)C(C)(C)C. The molecule has 0 radical (unpaired) electrons. The summed E-state index contributed by atoms with van der Waals surface area (Å²) in [6, 6.07) is 21.4. The third kappa shape index (κ3) is 4.60. The molecular weight excluding hydrogens is 336 g/mol. The Bertz CT molecular complexity index is 675. The Labute approximate surface area is 159 Å². The first-order valence-corrected chi connectivity index (χ1v) is 11.2. The van der Waals surface area contributed by atoms with Gasteiger partial charge in [-0.1, -0.05) is 87.5 Å². The minimum absolute atomic E-state index is 0.00423. The van der Waals surface area contributed by atoms with Crippen LogP contribution in [0.1, 0.15) is 40.5 Å². The third-order valence-corrected chi connectivity index (χ3v) is 9.78. The zero-order chi connectivity index (χ0) is 19.0. The minimum atomic E-state index is -2.43. The maximum Gasteiger partial charge on any atom is 0.261 e. The van der Waals surface area contributed by atoms with Gasteiger partial charge in [-0.3, -0.25) is 4.79 Å². The lowest BCUT2D eigenvalue weighted by Gasteiger charge is -2.43. The van der Waals surface area contributed by atoms with Gasteiger partial charge in [-0.05, 0) is 40.8 Å². The van der Waals surface area contributed by atoms with E-state index in [9.17, 15) is 4.79 Å². The predicted molar refractivity (Wildman–Crippen MR) is 113 cm³/mol. The van der Waals surface area contributed by atoms with Gasteiger partial charge >= 0.3 is 0 Å². The van der Waals surface area contributed by atoms with Gasteiger partial charge in [-0.2, -0.15) is 0 Å². The molecular formula is C23H30O2Si.